The predicted molar refractivity (Wildman–Crippen MR) is 53.8 cm³/mol. The van der Waals surface area contributed by atoms with Crippen LogP contribution in [0.3, 0.4) is 0 Å². The van der Waals surface area contributed by atoms with E-state index in [4.69, 9.17) is 15.0 Å². The molecule has 0 saturated carbocycles. The molecule has 0 aliphatic carbocycles. The molecule has 6 heteroatoms. The number of alkyl halides is 1. The number of hydrogen-bond acceptors (Lipinski definition) is 3. The van der Waals surface area contributed by atoms with Crippen LogP contribution >= 0.6 is 15.9 Å². The van der Waals surface area contributed by atoms with Crippen molar-refractivity contribution in [3.8, 4) is 0 Å². The van der Waals surface area contributed by atoms with Gasteiger partial charge in [-0.25, -0.2) is 0 Å². The molecular weight excluding hydrogens is 238 g/mol. The van der Waals surface area contributed by atoms with Crippen molar-refractivity contribution in [3.05, 3.63) is 10.4 Å². The van der Waals surface area contributed by atoms with Crippen LogP contribution in [0.4, 0.5) is 0 Å². The van der Waals surface area contributed by atoms with Gasteiger partial charge in [0, 0.05) is 16.8 Å². The third-order valence-corrected chi connectivity index (χ3v) is 1.60. The van der Waals surface area contributed by atoms with Gasteiger partial charge < -0.3 is 9.47 Å². The van der Waals surface area contributed by atoms with Crippen LogP contribution in [0.2, 0.25) is 0 Å². The molecule has 5 nitrogen and oxygen atoms in total. The molecule has 0 aliphatic rings. The summed E-state index contributed by atoms with van der Waals surface area (Å²) in [6.07, 6.45) is 0.606. The van der Waals surface area contributed by atoms with E-state index < -0.39 is 0 Å². The zero-order valence-electron chi connectivity index (χ0n) is 7.65. The number of halogens is 1. The fourth-order valence-corrected chi connectivity index (χ4v) is 0.916. The Morgan fingerprint density at radius 1 is 1.46 bits per heavy atom. The molecule has 0 spiro atoms. The lowest BCUT2D eigenvalue weighted by Gasteiger charge is -2.15. The monoisotopic (exact) mass is 251 g/mol. The minimum atomic E-state index is -0.188. The van der Waals surface area contributed by atoms with Crippen molar-refractivity contribution >= 4 is 15.9 Å². The van der Waals surface area contributed by atoms with Crippen molar-refractivity contribution in [3.63, 3.8) is 0 Å². The Balaban J connectivity index is 3.41. The summed E-state index contributed by atoms with van der Waals surface area (Å²) in [5.41, 5.74) is 8.00. The molecule has 0 fully saturated rings. The summed E-state index contributed by atoms with van der Waals surface area (Å²) in [5.74, 6) is 0. The summed E-state index contributed by atoms with van der Waals surface area (Å²) in [7, 11) is 0. The van der Waals surface area contributed by atoms with Crippen LogP contribution in [-0.4, -0.2) is 31.4 Å². The Morgan fingerprint density at radius 2 is 2.15 bits per heavy atom. The topological polar surface area (TPSA) is 67.2 Å². The van der Waals surface area contributed by atoms with Crippen LogP contribution in [-0.2, 0) is 9.47 Å². The second kappa shape index (κ2) is 9.80. The normalized spacial score (nSPS) is 12.2. The largest absolute Gasteiger partial charge is 0.353 e. The molecule has 0 aliphatic heterocycles. The average molecular weight is 252 g/mol. The SMILES string of the molecule is CCC(OCCBr)OCCN=[N+]=[N-]. The first-order valence-electron chi connectivity index (χ1n) is 4.15. The van der Waals surface area contributed by atoms with E-state index in [2.05, 4.69) is 26.0 Å². The van der Waals surface area contributed by atoms with E-state index in [1.54, 1.807) is 0 Å². The standard InChI is InChI=1S/C7H14BrN3O2/c1-2-7(12-5-3-8)13-6-4-10-11-9/h7H,2-6H2,1H3. The molecule has 1 atom stereocenters. The molecule has 0 heterocycles. The van der Waals surface area contributed by atoms with E-state index in [0.717, 1.165) is 11.8 Å². The van der Waals surface area contributed by atoms with Gasteiger partial charge in [-0.15, -0.1) is 0 Å². The average Bonchev–Trinajstić information content (AvgIpc) is 2.17. The third kappa shape index (κ3) is 8.05. The van der Waals surface area contributed by atoms with Crippen LogP contribution < -0.4 is 0 Å². The highest BCUT2D eigenvalue weighted by molar-refractivity contribution is 9.09. The first kappa shape index (κ1) is 12.7. The van der Waals surface area contributed by atoms with Crippen molar-refractivity contribution in [1.82, 2.24) is 0 Å². The van der Waals surface area contributed by atoms with Gasteiger partial charge in [0.1, 0.15) is 0 Å². The quantitative estimate of drug-likeness (QED) is 0.166. The van der Waals surface area contributed by atoms with Gasteiger partial charge in [0.05, 0.1) is 13.2 Å². The summed E-state index contributed by atoms with van der Waals surface area (Å²) >= 11 is 3.25. The lowest BCUT2D eigenvalue weighted by molar-refractivity contribution is -0.137. The maximum atomic E-state index is 8.00. The van der Waals surface area contributed by atoms with Crippen molar-refractivity contribution in [2.24, 2.45) is 5.11 Å². The zero-order valence-corrected chi connectivity index (χ0v) is 9.23. The van der Waals surface area contributed by atoms with Crippen molar-refractivity contribution in [1.29, 1.82) is 0 Å². The van der Waals surface area contributed by atoms with Gasteiger partial charge >= 0.3 is 0 Å². The van der Waals surface area contributed by atoms with Gasteiger partial charge in [0.25, 0.3) is 0 Å². The van der Waals surface area contributed by atoms with Gasteiger partial charge in [-0.05, 0) is 12.0 Å². The van der Waals surface area contributed by atoms with Gasteiger partial charge in [-0.2, -0.15) is 0 Å². The molecule has 1 unspecified atom stereocenters. The number of hydrogen-bond donors (Lipinski definition) is 0. The summed E-state index contributed by atoms with van der Waals surface area (Å²) in [6.45, 7) is 3.36. The van der Waals surface area contributed by atoms with Gasteiger partial charge in [0.2, 0.25) is 0 Å². The van der Waals surface area contributed by atoms with Crippen molar-refractivity contribution < 1.29 is 9.47 Å². The highest BCUT2D eigenvalue weighted by atomic mass is 79.9. The fraction of sp³-hybridized carbons (Fsp3) is 1.00. The highest BCUT2D eigenvalue weighted by Crippen LogP contribution is 2.00. The van der Waals surface area contributed by atoms with Crippen molar-refractivity contribution in [2.75, 3.05) is 25.1 Å². The van der Waals surface area contributed by atoms with E-state index in [-0.39, 0.29) is 6.29 Å². The Morgan fingerprint density at radius 3 is 2.69 bits per heavy atom. The van der Waals surface area contributed by atoms with Gasteiger partial charge in [0.15, 0.2) is 6.29 Å². The minimum absolute atomic E-state index is 0.188. The molecular formula is C7H14BrN3O2. The molecule has 0 aromatic heterocycles. The van der Waals surface area contributed by atoms with Crippen molar-refractivity contribution in [2.45, 2.75) is 19.6 Å². The molecule has 13 heavy (non-hydrogen) atoms. The Bertz CT molecular complexity index is 162. The molecule has 0 rings (SSSR count). The molecule has 0 bridgehead atoms. The maximum absolute atomic E-state index is 8.00. The number of ether oxygens (including phenoxy) is 2. The number of nitrogens with zero attached hydrogens (tertiary/aromatic N) is 3. The minimum Gasteiger partial charge on any atom is -0.353 e. The van der Waals surface area contributed by atoms with E-state index in [1.807, 2.05) is 6.92 Å². The van der Waals surface area contributed by atoms with E-state index in [0.29, 0.717) is 19.8 Å². The molecule has 0 amide bonds. The van der Waals surface area contributed by atoms with Gasteiger partial charge in [-0.3, -0.25) is 0 Å². The summed E-state index contributed by atoms with van der Waals surface area (Å²) < 4.78 is 10.6. The number of azide groups is 1. The molecule has 0 N–H and O–H groups in total. The Kier molecular flexibility index (Phi) is 9.58. The zero-order chi connectivity index (χ0) is 9.94. The summed E-state index contributed by atoms with van der Waals surface area (Å²) in [4.78, 5) is 2.62. The first-order valence-corrected chi connectivity index (χ1v) is 5.27. The molecule has 0 aromatic rings. The third-order valence-electron chi connectivity index (χ3n) is 1.27. The summed E-state index contributed by atoms with van der Waals surface area (Å²) in [6, 6.07) is 0. The van der Waals surface area contributed by atoms with Crippen LogP contribution in [0.25, 0.3) is 10.4 Å². The molecule has 0 saturated heterocycles. The van der Waals surface area contributed by atoms with Crippen LogP contribution in [0, 0.1) is 0 Å². The second-order valence-electron chi connectivity index (χ2n) is 2.22. The van der Waals surface area contributed by atoms with Crippen LogP contribution in [0.15, 0.2) is 5.11 Å². The summed E-state index contributed by atoms with van der Waals surface area (Å²) in [5, 5.41) is 4.14. The first-order chi connectivity index (χ1) is 6.35. The maximum Gasteiger partial charge on any atom is 0.157 e. The fourth-order valence-electron chi connectivity index (χ4n) is 0.730. The number of rotatable bonds is 8. The lowest BCUT2D eigenvalue weighted by Crippen LogP contribution is -2.18. The van der Waals surface area contributed by atoms with Gasteiger partial charge in [-0.1, -0.05) is 28.0 Å². The van der Waals surface area contributed by atoms with E-state index in [9.17, 15) is 0 Å². The Labute approximate surface area is 86.2 Å². The Hall–Kier alpha value is -0.290. The van der Waals surface area contributed by atoms with E-state index >= 15 is 0 Å². The highest BCUT2D eigenvalue weighted by Gasteiger charge is 2.04. The smallest absolute Gasteiger partial charge is 0.157 e. The molecule has 76 valence electrons. The van der Waals surface area contributed by atoms with Crippen LogP contribution in [0.1, 0.15) is 13.3 Å². The predicted octanol–water partition coefficient (Wildman–Crippen LogP) is 2.46. The second-order valence-corrected chi connectivity index (χ2v) is 3.02. The van der Waals surface area contributed by atoms with Crippen LogP contribution in [0.5, 0.6) is 0 Å². The lowest BCUT2D eigenvalue weighted by atomic mass is 10.5. The molecule has 0 radical (unpaired) electrons. The van der Waals surface area contributed by atoms with E-state index in [1.165, 1.54) is 0 Å². The molecule has 0 aromatic carbocycles.